The van der Waals surface area contributed by atoms with Crippen molar-refractivity contribution < 1.29 is 23.8 Å². The zero-order valence-electron chi connectivity index (χ0n) is 20.4. The summed E-state index contributed by atoms with van der Waals surface area (Å²) in [5, 5.41) is 12.5. The molecule has 0 unspecified atom stereocenters. The maximum atomic E-state index is 13.1. The molecule has 1 aromatic rings. The molecule has 0 radical (unpaired) electrons. The second kappa shape index (κ2) is 7.22. The van der Waals surface area contributed by atoms with Crippen LogP contribution in [0.25, 0.3) is 0 Å². The Labute approximate surface area is 214 Å². The smallest absolute Gasteiger partial charge is 0.335 e. The number of ether oxygens (including phenoxy) is 2. The molecule has 190 valence electrons. The van der Waals surface area contributed by atoms with Gasteiger partial charge in [0.25, 0.3) is 0 Å². The molecular formula is C27H32Cl2O6. The van der Waals surface area contributed by atoms with Crippen LogP contribution >= 0.6 is 23.2 Å². The van der Waals surface area contributed by atoms with Gasteiger partial charge in [-0.1, -0.05) is 26.8 Å². The molecule has 6 rings (SSSR count). The predicted octanol–water partition coefficient (Wildman–Crippen LogP) is 4.40. The van der Waals surface area contributed by atoms with Crippen LogP contribution in [0.4, 0.5) is 0 Å². The summed E-state index contributed by atoms with van der Waals surface area (Å²) >= 11 is 13.9. The quantitative estimate of drug-likeness (QED) is 0.274. The summed E-state index contributed by atoms with van der Waals surface area (Å²) in [6.07, 6.45) is 6.33. The number of halogens is 2. The van der Waals surface area contributed by atoms with Crippen LogP contribution in [0.15, 0.2) is 39.3 Å². The van der Waals surface area contributed by atoms with Crippen molar-refractivity contribution in [2.75, 3.05) is 7.11 Å². The van der Waals surface area contributed by atoms with Crippen molar-refractivity contribution in [3.05, 3.63) is 46.0 Å². The van der Waals surface area contributed by atoms with Crippen LogP contribution in [0, 0.1) is 28.1 Å². The summed E-state index contributed by atoms with van der Waals surface area (Å²) in [6.45, 7) is 6.35. The van der Waals surface area contributed by atoms with E-state index in [2.05, 4.69) is 19.9 Å². The molecule has 9 atom stereocenters. The Balaban J connectivity index is 1.48. The molecule has 35 heavy (non-hydrogen) atoms. The van der Waals surface area contributed by atoms with E-state index in [1.807, 2.05) is 6.92 Å². The first kappa shape index (κ1) is 24.2. The molecule has 0 amide bonds. The topological polar surface area (TPSA) is 89.3 Å². The number of methoxy groups -OCH3 is 1. The minimum absolute atomic E-state index is 0.0280. The lowest BCUT2D eigenvalue weighted by Crippen LogP contribution is -2.64. The third-order valence-electron chi connectivity index (χ3n) is 10.5. The van der Waals surface area contributed by atoms with Gasteiger partial charge in [0, 0.05) is 30.9 Å². The Hall–Kier alpha value is -1.18. The molecule has 1 aliphatic heterocycles. The van der Waals surface area contributed by atoms with Gasteiger partial charge in [-0.25, -0.2) is 4.79 Å². The van der Waals surface area contributed by atoms with E-state index >= 15 is 0 Å². The van der Waals surface area contributed by atoms with Crippen LogP contribution in [0.5, 0.6) is 0 Å². The van der Waals surface area contributed by atoms with Crippen molar-refractivity contribution in [1.29, 1.82) is 0 Å². The number of carbonyl (C=O) groups excluding carboxylic acids is 1. The number of hydrogen-bond donors (Lipinski definition) is 1. The van der Waals surface area contributed by atoms with E-state index in [9.17, 15) is 14.7 Å². The summed E-state index contributed by atoms with van der Waals surface area (Å²) < 4.78 is 15.9. The molecule has 4 fully saturated rings. The monoisotopic (exact) mass is 522 g/mol. The number of rotatable bonds is 3. The van der Waals surface area contributed by atoms with E-state index in [4.69, 9.17) is 37.1 Å². The molecule has 2 heterocycles. The Kier molecular flexibility index (Phi) is 4.99. The number of aliphatic hydroxyl groups is 1. The maximum absolute atomic E-state index is 13.1. The first-order valence-electron chi connectivity index (χ1n) is 12.4. The molecule has 3 saturated carbocycles. The van der Waals surface area contributed by atoms with Gasteiger partial charge in [-0.05, 0) is 53.7 Å². The molecule has 5 aliphatic rings. The van der Waals surface area contributed by atoms with Crippen LogP contribution in [-0.4, -0.2) is 46.7 Å². The number of allylic oxidation sites excluding steroid dienone is 1. The van der Waals surface area contributed by atoms with E-state index in [1.165, 1.54) is 12.3 Å². The summed E-state index contributed by atoms with van der Waals surface area (Å²) in [4.78, 5) is 24.7. The first-order chi connectivity index (χ1) is 16.4. The minimum atomic E-state index is -1.31. The van der Waals surface area contributed by atoms with Gasteiger partial charge in [-0.15, -0.1) is 23.2 Å². The number of aldehydes is 1. The van der Waals surface area contributed by atoms with E-state index in [-0.39, 0.29) is 42.0 Å². The highest BCUT2D eigenvalue weighted by Gasteiger charge is 2.78. The fourth-order valence-electron chi connectivity index (χ4n) is 9.08. The second-order valence-electron chi connectivity index (χ2n) is 12.2. The third kappa shape index (κ3) is 2.78. The zero-order chi connectivity index (χ0) is 25.2. The highest BCUT2D eigenvalue weighted by Crippen LogP contribution is 2.75. The van der Waals surface area contributed by atoms with Gasteiger partial charge in [0.1, 0.15) is 16.7 Å². The normalized spacial score (nSPS) is 48.6. The molecule has 1 aromatic heterocycles. The van der Waals surface area contributed by atoms with Crippen LogP contribution in [0.2, 0.25) is 0 Å². The van der Waals surface area contributed by atoms with Gasteiger partial charge in [0.15, 0.2) is 0 Å². The lowest BCUT2D eigenvalue weighted by Gasteiger charge is -2.61. The van der Waals surface area contributed by atoms with Gasteiger partial charge >= 0.3 is 5.63 Å². The average molecular weight is 523 g/mol. The maximum Gasteiger partial charge on any atom is 0.335 e. The summed E-state index contributed by atoms with van der Waals surface area (Å²) in [5.74, 6) is -0.592. The van der Waals surface area contributed by atoms with Crippen molar-refractivity contribution in [3.8, 4) is 0 Å². The van der Waals surface area contributed by atoms with Crippen molar-refractivity contribution in [3.63, 3.8) is 0 Å². The number of hydrogen-bond acceptors (Lipinski definition) is 6. The Morgan fingerprint density at radius 3 is 2.60 bits per heavy atom. The molecule has 4 aliphatic carbocycles. The van der Waals surface area contributed by atoms with Gasteiger partial charge in [0.2, 0.25) is 0 Å². The average Bonchev–Trinajstić information content (AvgIpc) is 3.54. The highest BCUT2D eigenvalue weighted by atomic mass is 35.5. The lowest BCUT2D eigenvalue weighted by atomic mass is 9.42. The largest absolute Gasteiger partial charge is 0.431 e. The third-order valence-corrected chi connectivity index (χ3v) is 11.2. The SMILES string of the molecule is CO[C@H]1[C@H]2O[C@H]2[C@]2(C=O)[C@H]3CC[C@]4(C)[C@@H](c5ccc(=O)oc5)C(Cl)(Cl)C[C@]4(O)C3=CC[C@H]2C1(C)C. The van der Waals surface area contributed by atoms with E-state index in [1.54, 1.807) is 13.2 Å². The molecule has 1 N–H and O–H groups in total. The predicted molar refractivity (Wildman–Crippen MR) is 130 cm³/mol. The standard InChI is InChI=1S/C27H32Cl2O6/c1-23(2)17-7-6-16-15(25(17,13-30)22-19(35-22)21(23)33-4)9-10-24(3)20(14-5-8-18(31)34-11-14)27(28,29)12-26(16,24)32/h5-6,8,11,13,15,17,19-22,32H,7,9-10,12H2,1-4H3/t15-,17-,19+,20+,21-,22+,24+,25+,26-/m0/s1. The number of fused-ring (bicyclic) bond motifs is 7. The van der Waals surface area contributed by atoms with Gasteiger partial charge in [-0.3, -0.25) is 0 Å². The Morgan fingerprint density at radius 2 is 1.97 bits per heavy atom. The first-order valence-corrected chi connectivity index (χ1v) is 13.2. The van der Waals surface area contributed by atoms with Crippen LogP contribution in [-0.2, 0) is 14.3 Å². The van der Waals surface area contributed by atoms with Crippen molar-refractivity contribution >= 4 is 29.5 Å². The molecule has 6 nitrogen and oxygen atoms in total. The van der Waals surface area contributed by atoms with Gasteiger partial charge < -0.3 is 23.8 Å². The molecule has 0 spiro atoms. The highest BCUT2D eigenvalue weighted by molar-refractivity contribution is 6.49. The molecular weight excluding hydrogens is 491 g/mol. The fourth-order valence-corrected chi connectivity index (χ4v) is 10.2. The lowest BCUT2D eigenvalue weighted by molar-refractivity contribution is -0.155. The van der Waals surface area contributed by atoms with Crippen LogP contribution < -0.4 is 5.63 Å². The second-order valence-corrected chi connectivity index (χ2v) is 13.7. The van der Waals surface area contributed by atoms with E-state index in [0.717, 1.165) is 11.9 Å². The fraction of sp³-hybridized carbons (Fsp3) is 0.704. The Morgan fingerprint density at radius 1 is 1.23 bits per heavy atom. The summed E-state index contributed by atoms with van der Waals surface area (Å²) in [5.41, 5.74) is -1.93. The van der Waals surface area contributed by atoms with Crippen molar-refractivity contribution in [2.45, 2.75) is 80.6 Å². The van der Waals surface area contributed by atoms with Crippen molar-refractivity contribution in [1.82, 2.24) is 0 Å². The van der Waals surface area contributed by atoms with Crippen LogP contribution in [0.1, 0.15) is 57.9 Å². The minimum Gasteiger partial charge on any atom is -0.431 e. The summed E-state index contributed by atoms with van der Waals surface area (Å²) in [6, 6.07) is 3.05. The number of epoxide rings is 1. The van der Waals surface area contributed by atoms with E-state index < -0.39 is 32.3 Å². The molecule has 1 saturated heterocycles. The van der Waals surface area contributed by atoms with Crippen LogP contribution in [0.3, 0.4) is 0 Å². The number of alkyl halides is 2. The van der Waals surface area contributed by atoms with E-state index in [0.29, 0.717) is 24.8 Å². The summed E-state index contributed by atoms with van der Waals surface area (Å²) in [7, 11) is 1.71. The molecule has 0 bridgehead atoms. The van der Waals surface area contributed by atoms with Crippen molar-refractivity contribution in [2.24, 2.45) is 28.1 Å². The molecule has 0 aromatic carbocycles. The van der Waals surface area contributed by atoms with Gasteiger partial charge in [0.05, 0.1) is 29.5 Å². The number of carbonyl (C=O) groups is 1. The molecule has 8 heteroatoms. The Bertz CT molecular complexity index is 1150. The zero-order valence-corrected chi connectivity index (χ0v) is 21.9. The van der Waals surface area contributed by atoms with Gasteiger partial charge in [-0.2, -0.15) is 0 Å².